The molecule has 0 spiro atoms. The van der Waals surface area contributed by atoms with Crippen LogP contribution >= 0.6 is 0 Å². The van der Waals surface area contributed by atoms with Crippen LogP contribution in [0.1, 0.15) is 18.4 Å². The number of nitrogens with zero attached hydrogens (tertiary/aromatic N) is 1. The number of benzene rings is 1. The van der Waals surface area contributed by atoms with E-state index in [0.717, 1.165) is 24.4 Å². The van der Waals surface area contributed by atoms with Crippen molar-refractivity contribution in [2.75, 3.05) is 13.1 Å². The first-order valence-electron chi connectivity index (χ1n) is 5.28. The summed E-state index contributed by atoms with van der Waals surface area (Å²) in [6, 6.07) is 10.1. The summed E-state index contributed by atoms with van der Waals surface area (Å²) in [5.74, 6) is 0.368. The van der Waals surface area contributed by atoms with Crippen molar-refractivity contribution in [3.8, 4) is 0 Å². The third kappa shape index (κ3) is 2.27. The molecular formula is C13H15NO. The fraction of sp³-hybridized carbons (Fsp3) is 0.308. The van der Waals surface area contributed by atoms with Gasteiger partial charge in [0, 0.05) is 31.6 Å². The zero-order valence-electron chi connectivity index (χ0n) is 8.78. The van der Waals surface area contributed by atoms with E-state index < -0.39 is 0 Å². The molecule has 15 heavy (non-hydrogen) atoms. The van der Waals surface area contributed by atoms with Crippen molar-refractivity contribution in [3.63, 3.8) is 0 Å². The van der Waals surface area contributed by atoms with Crippen molar-refractivity contribution in [2.24, 2.45) is 0 Å². The molecule has 0 aliphatic carbocycles. The van der Waals surface area contributed by atoms with Gasteiger partial charge in [0.15, 0.2) is 0 Å². The van der Waals surface area contributed by atoms with E-state index in [0.29, 0.717) is 18.6 Å². The highest BCUT2D eigenvalue weighted by molar-refractivity contribution is 5.80. The van der Waals surface area contributed by atoms with Crippen LogP contribution in [0.4, 0.5) is 0 Å². The van der Waals surface area contributed by atoms with Crippen LogP contribution in [-0.2, 0) is 4.79 Å². The molecule has 1 aromatic rings. The Bertz CT molecular complexity index is 359. The zero-order valence-corrected chi connectivity index (χ0v) is 8.78. The van der Waals surface area contributed by atoms with Gasteiger partial charge < -0.3 is 4.90 Å². The predicted octanol–water partition coefficient (Wildman–Crippen LogP) is 2.32. The van der Waals surface area contributed by atoms with Crippen LogP contribution in [0.2, 0.25) is 0 Å². The Kier molecular flexibility index (Phi) is 2.86. The minimum Gasteiger partial charge on any atom is -0.371 e. The maximum absolute atomic E-state index is 11.1. The first-order chi connectivity index (χ1) is 7.27. The lowest BCUT2D eigenvalue weighted by atomic mass is 10.1. The van der Waals surface area contributed by atoms with Gasteiger partial charge in [-0.1, -0.05) is 36.9 Å². The summed E-state index contributed by atoms with van der Waals surface area (Å²) in [4.78, 5) is 13.3. The molecule has 0 unspecified atom stereocenters. The number of likely N-dealkylation sites (tertiary alicyclic amines) is 1. The highest BCUT2D eigenvalue weighted by Crippen LogP contribution is 2.20. The Hall–Kier alpha value is -1.57. The van der Waals surface area contributed by atoms with Crippen molar-refractivity contribution in [2.45, 2.75) is 12.8 Å². The lowest BCUT2D eigenvalue weighted by Crippen LogP contribution is -2.32. The zero-order chi connectivity index (χ0) is 10.7. The first-order valence-corrected chi connectivity index (χ1v) is 5.28. The number of hydrogen-bond acceptors (Lipinski definition) is 2. The molecule has 1 aromatic carbocycles. The molecule has 0 atom stereocenters. The minimum atomic E-state index is 0.368. The third-order valence-electron chi connectivity index (χ3n) is 2.81. The Labute approximate surface area is 90.2 Å². The fourth-order valence-corrected chi connectivity index (χ4v) is 1.84. The number of rotatable bonds is 2. The Morgan fingerprint density at radius 3 is 2.33 bits per heavy atom. The second kappa shape index (κ2) is 4.30. The molecule has 78 valence electrons. The van der Waals surface area contributed by atoms with Gasteiger partial charge in [0.2, 0.25) is 0 Å². The number of piperidine rings is 1. The van der Waals surface area contributed by atoms with E-state index in [1.165, 1.54) is 0 Å². The Morgan fingerprint density at radius 2 is 1.73 bits per heavy atom. The summed E-state index contributed by atoms with van der Waals surface area (Å²) in [7, 11) is 0. The Morgan fingerprint density at radius 1 is 1.13 bits per heavy atom. The van der Waals surface area contributed by atoms with Crippen molar-refractivity contribution >= 4 is 11.5 Å². The SMILES string of the molecule is C=C(c1ccccc1)N1CCC(=O)CC1. The lowest BCUT2D eigenvalue weighted by Gasteiger charge is -2.29. The first kappa shape index (κ1) is 9.97. The van der Waals surface area contributed by atoms with Gasteiger partial charge in [-0.15, -0.1) is 0 Å². The van der Waals surface area contributed by atoms with Crippen LogP contribution in [0, 0.1) is 0 Å². The summed E-state index contributed by atoms with van der Waals surface area (Å²) < 4.78 is 0. The average Bonchev–Trinajstić information content (AvgIpc) is 2.30. The second-order valence-corrected chi connectivity index (χ2v) is 3.84. The van der Waals surface area contributed by atoms with Crippen LogP contribution < -0.4 is 0 Å². The summed E-state index contributed by atoms with van der Waals surface area (Å²) in [6.07, 6.45) is 1.32. The number of carbonyl (C=O) groups excluding carboxylic acids is 1. The average molecular weight is 201 g/mol. The molecule has 1 saturated heterocycles. The molecule has 1 aliphatic heterocycles. The highest BCUT2D eigenvalue weighted by Gasteiger charge is 2.17. The normalized spacial score (nSPS) is 16.5. The van der Waals surface area contributed by atoms with Gasteiger partial charge in [-0.05, 0) is 5.56 Å². The fourth-order valence-electron chi connectivity index (χ4n) is 1.84. The van der Waals surface area contributed by atoms with Crippen LogP contribution in [0.15, 0.2) is 36.9 Å². The predicted molar refractivity (Wildman–Crippen MR) is 61.3 cm³/mol. The summed E-state index contributed by atoms with van der Waals surface area (Å²) in [5, 5.41) is 0. The molecule has 1 fully saturated rings. The lowest BCUT2D eigenvalue weighted by molar-refractivity contribution is -0.120. The van der Waals surface area contributed by atoms with E-state index in [4.69, 9.17) is 0 Å². The molecular weight excluding hydrogens is 186 g/mol. The van der Waals surface area contributed by atoms with Crippen molar-refractivity contribution in [1.29, 1.82) is 0 Å². The monoisotopic (exact) mass is 201 g/mol. The number of hydrogen-bond donors (Lipinski definition) is 0. The van der Waals surface area contributed by atoms with Crippen LogP contribution in [0.3, 0.4) is 0 Å². The van der Waals surface area contributed by atoms with Crippen LogP contribution in [0.25, 0.3) is 5.70 Å². The van der Waals surface area contributed by atoms with Crippen molar-refractivity contribution < 1.29 is 4.79 Å². The molecule has 0 saturated carbocycles. The molecule has 1 aliphatic rings. The van der Waals surface area contributed by atoms with Crippen molar-refractivity contribution in [3.05, 3.63) is 42.5 Å². The maximum Gasteiger partial charge on any atom is 0.136 e. The molecule has 0 N–H and O–H groups in total. The summed E-state index contributed by atoms with van der Waals surface area (Å²) >= 11 is 0. The molecule has 1 heterocycles. The highest BCUT2D eigenvalue weighted by atomic mass is 16.1. The van der Waals surface area contributed by atoms with Gasteiger partial charge in [0.1, 0.15) is 5.78 Å². The smallest absolute Gasteiger partial charge is 0.136 e. The van der Waals surface area contributed by atoms with Gasteiger partial charge in [0.05, 0.1) is 0 Å². The van der Waals surface area contributed by atoms with E-state index in [1.54, 1.807) is 0 Å². The minimum absolute atomic E-state index is 0.368. The summed E-state index contributed by atoms with van der Waals surface area (Å²) in [6.45, 7) is 5.71. The molecule has 2 rings (SSSR count). The Balaban J connectivity index is 2.06. The van der Waals surface area contributed by atoms with E-state index in [1.807, 2.05) is 18.2 Å². The molecule has 0 bridgehead atoms. The largest absolute Gasteiger partial charge is 0.371 e. The van der Waals surface area contributed by atoms with Crippen LogP contribution in [-0.4, -0.2) is 23.8 Å². The van der Waals surface area contributed by atoms with E-state index in [-0.39, 0.29) is 0 Å². The number of Topliss-reactive ketones (excluding diaryl/α,β-unsaturated/α-hetero) is 1. The van der Waals surface area contributed by atoms with Gasteiger partial charge in [-0.25, -0.2) is 0 Å². The van der Waals surface area contributed by atoms with E-state index >= 15 is 0 Å². The number of carbonyl (C=O) groups is 1. The molecule has 0 amide bonds. The summed E-state index contributed by atoms with van der Waals surface area (Å²) in [5.41, 5.74) is 2.18. The van der Waals surface area contributed by atoms with E-state index in [2.05, 4.69) is 23.6 Å². The number of ketones is 1. The van der Waals surface area contributed by atoms with Gasteiger partial charge in [-0.3, -0.25) is 4.79 Å². The third-order valence-corrected chi connectivity index (χ3v) is 2.81. The molecule has 2 heteroatoms. The van der Waals surface area contributed by atoms with Gasteiger partial charge >= 0.3 is 0 Å². The maximum atomic E-state index is 11.1. The second-order valence-electron chi connectivity index (χ2n) is 3.84. The van der Waals surface area contributed by atoms with Crippen molar-refractivity contribution in [1.82, 2.24) is 4.90 Å². The van der Waals surface area contributed by atoms with E-state index in [9.17, 15) is 4.79 Å². The van der Waals surface area contributed by atoms with Gasteiger partial charge in [-0.2, -0.15) is 0 Å². The van der Waals surface area contributed by atoms with Crippen LogP contribution in [0.5, 0.6) is 0 Å². The molecule has 0 radical (unpaired) electrons. The molecule has 0 aromatic heterocycles. The van der Waals surface area contributed by atoms with Gasteiger partial charge in [0.25, 0.3) is 0 Å². The molecule has 2 nitrogen and oxygen atoms in total. The topological polar surface area (TPSA) is 20.3 Å². The quantitative estimate of drug-likeness (QED) is 0.732. The standard InChI is InChI=1S/C13H15NO/c1-11(12-5-3-2-4-6-12)14-9-7-13(15)8-10-14/h2-6H,1,7-10H2.